The van der Waals surface area contributed by atoms with E-state index in [0.29, 0.717) is 0 Å². The molecule has 16 heavy (non-hydrogen) atoms. The summed E-state index contributed by atoms with van der Waals surface area (Å²) in [5.74, 6) is 0.741. The van der Waals surface area contributed by atoms with Gasteiger partial charge in [-0.15, -0.1) is 11.3 Å². The van der Waals surface area contributed by atoms with E-state index < -0.39 is 0 Å². The van der Waals surface area contributed by atoms with Crippen molar-refractivity contribution in [2.75, 3.05) is 20.1 Å². The topological polar surface area (TPSA) is 15.3 Å². The fourth-order valence-corrected chi connectivity index (χ4v) is 2.93. The molecular weight excluding hydrogens is 216 g/mol. The lowest BCUT2D eigenvalue weighted by molar-refractivity contribution is 0.220. The van der Waals surface area contributed by atoms with Gasteiger partial charge in [-0.2, -0.15) is 0 Å². The van der Waals surface area contributed by atoms with Crippen molar-refractivity contribution in [3.05, 3.63) is 22.4 Å². The van der Waals surface area contributed by atoms with Crippen molar-refractivity contribution in [3.63, 3.8) is 0 Å². The van der Waals surface area contributed by atoms with Crippen molar-refractivity contribution in [3.8, 4) is 0 Å². The molecule has 0 spiro atoms. The number of hydrogen-bond donors (Lipinski definition) is 1. The minimum Gasteiger partial charge on any atom is -0.319 e. The van der Waals surface area contributed by atoms with Gasteiger partial charge in [0.05, 0.1) is 0 Å². The lowest BCUT2D eigenvalue weighted by atomic mass is 10.1. The number of hydrogen-bond acceptors (Lipinski definition) is 3. The Balaban J connectivity index is 1.85. The molecule has 0 aliphatic heterocycles. The monoisotopic (exact) mass is 238 g/mol. The summed E-state index contributed by atoms with van der Waals surface area (Å²) in [5, 5.41) is 5.44. The average molecular weight is 238 g/mol. The average Bonchev–Trinajstić information content (AvgIpc) is 2.98. The summed E-state index contributed by atoms with van der Waals surface area (Å²) >= 11 is 1.88. The maximum Gasteiger partial charge on any atom is 0.0330 e. The zero-order chi connectivity index (χ0) is 11.4. The van der Waals surface area contributed by atoms with Crippen LogP contribution >= 0.6 is 11.3 Å². The largest absolute Gasteiger partial charge is 0.319 e. The molecule has 1 saturated carbocycles. The molecule has 0 amide bonds. The first-order chi connectivity index (χ1) is 7.79. The van der Waals surface area contributed by atoms with E-state index in [0.717, 1.165) is 25.0 Å². The molecule has 1 aliphatic rings. The summed E-state index contributed by atoms with van der Waals surface area (Å²) in [7, 11) is 2.04. The molecule has 1 fully saturated rings. The van der Waals surface area contributed by atoms with Crippen LogP contribution in [0.1, 0.15) is 24.6 Å². The number of nitrogens with zero attached hydrogens (tertiary/aromatic N) is 1. The summed E-state index contributed by atoms with van der Waals surface area (Å²) in [4.78, 5) is 4.16. The predicted octanol–water partition coefficient (Wildman–Crippen LogP) is 2.57. The van der Waals surface area contributed by atoms with Gasteiger partial charge in [0.2, 0.25) is 0 Å². The molecule has 1 N–H and O–H groups in total. The molecule has 0 aromatic carbocycles. The summed E-state index contributed by atoms with van der Waals surface area (Å²) < 4.78 is 0. The Hall–Kier alpha value is -0.380. The molecule has 0 saturated heterocycles. The van der Waals surface area contributed by atoms with Gasteiger partial charge >= 0.3 is 0 Å². The molecule has 0 bridgehead atoms. The molecule has 2 nitrogen and oxygen atoms in total. The van der Waals surface area contributed by atoms with Crippen LogP contribution in [-0.2, 0) is 6.54 Å². The zero-order valence-corrected chi connectivity index (χ0v) is 11.1. The highest BCUT2D eigenvalue weighted by atomic mass is 32.1. The standard InChI is InChI=1S/C13H22N2S/c1-11(8-14-2)9-15(12-5-6-12)10-13-4-3-7-16-13/h3-4,7,11-12,14H,5-6,8-10H2,1-2H3. The molecule has 1 unspecified atom stereocenters. The van der Waals surface area contributed by atoms with E-state index >= 15 is 0 Å². The molecule has 90 valence electrons. The quantitative estimate of drug-likeness (QED) is 0.785. The second kappa shape index (κ2) is 5.80. The van der Waals surface area contributed by atoms with Crippen molar-refractivity contribution >= 4 is 11.3 Å². The maximum atomic E-state index is 3.27. The van der Waals surface area contributed by atoms with Crippen LogP contribution in [0.25, 0.3) is 0 Å². The fraction of sp³-hybridized carbons (Fsp3) is 0.692. The first-order valence-corrected chi connectivity index (χ1v) is 7.08. The van der Waals surface area contributed by atoms with Gasteiger partial charge in [-0.1, -0.05) is 13.0 Å². The molecule has 1 aromatic rings. The van der Waals surface area contributed by atoms with Crippen LogP contribution in [0.3, 0.4) is 0 Å². The minimum absolute atomic E-state index is 0.741. The lowest BCUT2D eigenvalue weighted by Crippen LogP contribution is -2.33. The van der Waals surface area contributed by atoms with Crippen molar-refractivity contribution < 1.29 is 0 Å². The lowest BCUT2D eigenvalue weighted by Gasteiger charge is -2.25. The second-order valence-corrected chi connectivity index (χ2v) is 5.94. The van der Waals surface area contributed by atoms with E-state index in [9.17, 15) is 0 Å². The van der Waals surface area contributed by atoms with Crippen LogP contribution in [0.5, 0.6) is 0 Å². The Morgan fingerprint density at radius 1 is 1.56 bits per heavy atom. The van der Waals surface area contributed by atoms with Crippen LogP contribution in [0, 0.1) is 5.92 Å². The molecular formula is C13H22N2S. The normalized spacial score (nSPS) is 17.9. The molecule has 1 aromatic heterocycles. The van der Waals surface area contributed by atoms with Gasteiger partial charge in [0, 0.05) is 24.0 Å². The van der Waals surface area contributed by atoms with E-state index in [4.69, 9.17) is 0 Å². The van der Waals surface area contributed by atoms with E-state index in [1.165, 1.54) is 24.3 Å². The van der Waals surface area contributed by atoms with Gasteiger partial charge in [-0.05, 0) is 43.8 Å². The van der Waals surface area contributed by atoms with Gasteiger partial charge in [0.1, 0.15) is 0 Å². The Morgan fingerprint density at radius 2 is 2.38 bits per heavy atom. The zero-order valence-electron chi connectivity index (χ0n) is 10.3. The number of thiophene rings is 1. The van der Waals surface area contributed by atoms with Gasteiger partial charge in [0.25, 0.3) is 0 Å². The predicted molar refractivity (Wildman–Crippen MR) is 70.8 cm³/mol. The van der Waals surface area contributed by atoms with Crippen molar-refractivity contribution in [1.29, 1.82) is 0 Å². The SMILES string of the molecule is CNCC(C)CN(Cc1cccs1)C1CC1. The van der Waals surface area contributed by atoms with Gasteiger partial charge in [-0.25, -0.2) is 0 Å². The third-order valence-corrected chi connectivity index (χ3v) is 3.96. The Morgan fingerprint density at radius 3 is 2.94 bits per heavy atom. The molecule has 1 atom stereocenters. The summed E-state index contributed by atoms with van der Waals surface area (Å²) in [5.41, 5.74) is 0. The highest BCUT2D eigenvalue weighted by Crippen LogP contribution is 2.29. The fourth-order valence-electron chi connectivity index (χ4n) is 2.20. The Bertz CT molecular complexity index is 293. The second-order valence-electron chi connectivity index (χ2n) is 4.90. The smallest absolute Gasteiger partial charge is 0.0330 e. The summed E-state index contributed by atoms with van der Waals surface area (Å²) in [6.45, 7) is 5.83. The number of rotatable bonds is 7. The third kappa shape index (κ3) is 3.58. The van der Waals surface area contributed by atoms with Crippen LogP contribution in [0.15, 0.2) is 17.5 Å². The van der Waals surface area contributed by atoms with E-state index in [2.05, 4.69) is 34.7 Å². The Kier molecular flexibility index (Phi) is 4.38. The van der Waals surface area contributed by atoms with Crippen molar-refractivity contribution in [1.82, 2.24) is 10.2 Å². The maximum absolute atomic E-state index is 3.27. The van der Waals surface area contributed by atoms with Crippen LogP contribution < -0.4 is 5.32 Å². The summed E-state index contributed by atoms with van der Waals surface area (Å²) in [6, 6.07) is 5.27. The van der Waals surface area contributed by atoms with Crippen molar-refractivity contribution in [2.45, 2.75) is 32.4 Å². The van der Waals surface area contributed by atoms with Crippen LogP contribution in [-0.4, -0.2) is 31.1 Å². The van der Waals surface area contributed by atoms with E-state index in [1.54, 1.807) is 0 Å². The van der Waals surface area contributed by atoms with Crippen LogP contribution in [0.2, 0.25) is 0 Å². The first-order valence-electron chi connectivity index (χ1n) is 6.20. The molecule has 3 heteroatoms. The molecule has 0 radical (unpaired) electrons. The van der Waals surface area contributed by atoms with Gasteiger partial charge < -0.3 is 5.32 Å². The highest BCUT2D eigenvalue weighted by molar-refractivity contribution is 7.09. The van der Waals surface area contributed by atoms with Crippen LogP contribution in [0.4, 0.5) is 0 Å². The third-order valence-electron chi connectivity index (χ3n) is 3.10. The summed E-state index contributed by atoms with van der Waals surface area (Å²) in [6.07, 6.45) is 2.80. The van der Waals surface area contributed by atoms with Gasteiger partial charge in [-0.3, -0.25) is 4.90 Å². The van der Waals surface area contributed by atoms with Crippen molar-refractivity contribution in [2.24, 2.45) is 5.92 Å². The van der Waals surface area contributed by atoms with Gasteiger partial charge in [0.15, 0.2) is 0 Å². The molecule has 1 aliphatic carbocycles. The van der Waals surface area contributed by atoms with E-state index in [1.807, 2.05) is 18.4 Å². The number of nitrogens with one attached hydrogen (secondary N) is 1. The first kappa shape index (κ1) is 12.1. The highest BCUT2D eigenvalue weighted by Gasteiger charge is 2.29. The minimum atomic E-state index is 0.741. The molecule has 1 heterocycles. The van der Waals surface area contributed by atoms with E-state index in [-0.39, 0.29) is 0 Å². The Labute approximate surface area is 103 Å². The molecule has 2 rings (SSSR count).